The highest BCUT2D eigenvalue weighted by atomic mass is 35.5. The maximum atomic E-state index is 6.15. The Morgan fingerprint density at radius 2 is 1.60 bits per heavy atom. The lowest BCUT2D eigenvalue weighted by atomic mass is 10.0. The van der Waals surface area contributed by atoms with Gasteiger partial charge in [-0.05, 0) is 29.7 Å². The summed E-state index contributed by atoms with van der Waals surface area (Å²) in [5, 5.41) is 7.12. The van der Waals surface area contributed by atoms with E-state index in [0.717, 1.165) is 5.69 Å². The second kappa shape index (κ2) is 6.33. The van der Waals surface area contributed by atoms with Crippen molar-refractivity contribution in [1.29, 1.82) is 0 Å². The summed E-state index contributed by atoms with van der Waals surface area (Å²) >= 11 is 12.2. The molecule has 0 radical (unpaired) electrons. The molecule has 3 nitrogen and oxygen atoms in total. The quantitative estimate of drug-likeness (QED) is 0.805. The lowest BCUT2D eigenvalue weighted by Gasteiger charge is -2.12. The van der Waals surface area contributed by atoms with Gasteiger partial charge in [0.2, 0.25) is 0 Å². The zero-order valence-electron chi connectivity index (χ0n) is 11.7. The Balaban J connectivity index is 2.25. The van der Waals surface area contributed by atoms with Crippen molar-refractivity contribution in [3.05, 3.63) is 45.9 Å². The summed E-state index contributed by atoms with van der Waals surface area (Å²) in [6, 6.07) is 9.89. The van der Waals surface area contributed by atoms with Crippen molar-refractivity contribution < 1.29 is 0 Å². The van der Waals surface area contributed by atoms with Gasteiger partial charge >= 0.3 is 0 Å². The minimum atomic E-state index is 0.488. The molecule has 2 N–H and O–H groups in total. The molecule has 20 heavy (non-hydrogen) atoms. The molecular formula is C15H17Cl2N3. The number of nitrogens with zero attached hydrogens (tertiary/aromatic N) is 1. The zero-order chi connectivity index (χ0) is 14.7. The summed E-state index contributed by atoms with van der Waals surface area (Å²) in [6.07, 6.45) is 0. The van der Waals surface area contributed by atoms with Crippen molar-refractivity contribution in [3.63, 3.8) is 0 Å². The molecule has 0 saturated carbocycles. The van der Waals surface area contributed by atoms with E-state index in [0.29, 0.717) is 27.6 Å². The Morgan fingerprint density at radius 1 is 1.00 bits per heavy atom. The smallest absolute Gasteiger partial charge is 0.151 e. The summed E-state index contributed by atoms with van der Waals surface area (Å²) < 4.78 is 0. The minimum Gasteiger partial charge on any atom is -0.372 e. The number of pyridine rings is 1. The first kappa shape index (κ1) is 14.9. The van der Waals surface area contributed by atoms with E-state index in [1.165, 1.54) is 5.56 Å². The monoisotopic (exact) mass is 309 g/mol. The van der Waals surface area contributed by atoms with Crippen molar-refractivity contribution >= 4 is 40.5 Å². The SMILES string of the molecule is CNc1nc(Nc2ccc(C(C)C)cc2)c(Cl)cc1Cl. The average Bonchev–Trinajstić information content (AvgIpc) is 2.42. The third-order valence-corrected chi connectivity index (χ3v) is 3.58. The van der Waals surface area contributed by atoms with Crippen LogP contribution in [0.2, 0.25) is 10.0 Å². The number of hydrogen-bond donors (Lipinski definition) is 2. The summed E-state index contributed by atoms with van der Waals surface area (Å²) in [7, 11) is 1.77. The standard InChI is InChI=1S/C15H17Cl2N3/c1-9(2)10-4-6-11(7-5-10)19-15-13(17)8-12(16)14(18-3)20-15/h4-9H,1-3H3,(H2,18,19,20). The molecule has 1 aromatic heterocycles. The molecule has 2 rings (SSSR count). The van der Waals surface area contributed by atoms with E-state index in [-0.39, 0.29) is 0 Å². The highest BCUT2D eigenvalue weighted by Gasteiger charge is 2.09. The zero-order valence-corrected chi connectivity index (χ0v) is 13.2. The van der Waals surface area contributed by atoms with E-state index in [9.17, 15) is 0 Å². The van der Waals surface area contributed by atoms with Crippen molar-refractivity contribution in [1.82, 2.24) is 4.98 Å². The van der Waals surface area contributed by atoms with Gasteiger partial charge in [0.15, 0.2) is 5.82 Å². The minimum absolute atomic E-state index is 0.488. The van der Waals surface area contributed by atoms with Crippen LogP contribution in [-0.4, -0.2) is 12.0 Å². The summed E-state index contributed by atoms with van der Waals surface area (Å²) in [6.45, 7) is 4.33. The predicted molar refractivity (Wildman–Crippen MR) is 87.6 cm³/mol. The van der Waals surface area contributed by atoms with Gasteiger partial charge in [-0.25, -0.2) is 4.98 Å². The molecule has 0 aliphatic heterocycles. The molecule has 1 heterocycles. The van der Waals surface area contributed by atoms with Crippen LogP contribution in [0.5, 0.6) is 0 Å². The van der Waals surface area contributed by atoms with Crippen LogP contribution < -0.4 is 10.6 Å². The molecule has 0 aliphatic carbocycles. The van der Waals surface area contributed by atoms with Crippen LogP contribution in [0.25, 0.3) is 0 Å². The molecule has 2 aromatic rings. The number of nitrogens with one attached hydrogen (secondary N) is 2. The van der Waals surface area contributed by atoms with Crippen LogP contribution >= 0.6 is 23.2 Å². The van der Waals surface area contributed by atoms with E-state index < -0.39 is 0 Å². The Hall–Kier alpha value is -1.45. The maximum Gasteiger partial charge on any atom is 0.151 e. The number of benzene rings is 1. The van der Waals surface area contributed by atoms with E-state index in [4.69, 9.17) is 23.2 Å². The second-order valence-electron chi connectivity index (χ2n) is 4.80. The van der Waals surface area contributed by atoms with Crippen molar-refractivity contribution in [3.8, 4) is 0 Å². The topological polar surface area (TPSA) is 37.0 Å². The van der Waals surface area contributed by atoms with Crippen molar-refractivity contribution in [2.45, 2.75) is 19.8 Å². The third-order valence-electron chi connectivity index (χ3n) is 3.01. The van der Waals surface area contributed by atoms with Crippen LogP contribution in [0.1, 0.15) is 25.3 Å². The lowest BCUT2D eigenvalue weighted by molar-refractivity contribution is 0.867. The third kappa shape index (κ3) is 3.35. The van der Waals surface area contributed by atoms with Crippen LogP contribution in [-0.2, 0) is 0 Å². The molecule has 0 aliphatic rings. The van der Waals surface area contributed by atoms with Crippen LogP contribution in [0.3, 0.4) is 0 Å². The number of rotatable bonds is 4. The molecule has 106 valence electrons. The highest BCUT2D eigenvalue weighted by Crippen LogP contribution is 2.31. The van der Waals surface area contributed by atoms with Gasteiger partial charge in [0.1, 0.15) is 5.82 Å². The molecule has 0 bridgehead atoms. The molecule has 0 unspecified atom stereocenters. The Bertz CT molecular complexity index is 595. The van der Waals surface area contributed by atoms with E-state index in [2.05, 4.69) is 41.6 Å². The van der Waals surface area contributed by atoms with Gasteiger partial charge in [-0.15, -0.1) is 0 Å². The number of halogens is 2. The molecule has 0 spiro atoms. The molecule has 1 aromatic carbocycles. The lowest BCUT2D eigenvalue weighted by Crippen LogP contribution is -2.00. The van der Waals surface area contributed by atoms with Crippen molar-refractivity contribution in [2.75, 3.05) is 17.7 Å². The molecule has 0 amide bonds. The number of hydrogen-bond acceptors (Lipinski definition) is 3. The van der Waals surface area contributed by atoms with E-state index in [1.54, 1.807) is 13.1 Å². The van der Waals surface area contributed by atoms with E-state index in [1.807, 2.05) is 12.1 Å². The van der Waals surface area contributed by atoms with Gasteiger partial charge < -0.3 is 10.6 Å². The van der Waals surface area contributed by atoms with Gasteiger partial charge in [-0.2, -0.15) is 0 Å². The fraction of sp³-hybridized carbons (Fsp3) is 0.267. The van der Waals surface area contributed by atoms with Crippen LogP contribution in [0.4, 0.5) is 17.3 Å². The van der Waals surface area contributed by atoms with Crippen LogP contribution in [0, 0.1) is 0 Å². The molecule has 0 saturated heterocycles. The summed E-state index contributed by atoms with van der Waals surface area (Å²) in [5.41, 5.74) is 2.23. The Labute approximate surface area is 129 Å². The molecule has 0 fully saturated rings. The van der Waals surface area contributed by atoms with E-state index >= 15 is 0 Å². The first-order valence-electron chi connectivity index (χ1n) is 6.42. The maximum absolute atomic E-state index is 6.15. The summed E-state index contributed by atoms with van der Waals surface area (Å²) in [4.78, 5) is 4.36. The first-order valence-corrected chi connectivity index (χ1v) is 7.17. The average molecular weight is 310 g/mol. The van der Waals surface area contributed by atoms with Gasteiger partial charge in [0.05, 0.1) is 10.0 Å². The molecule has 0 atom stereocenters. The normalized spacial score (nSPS) is 10.7. The number of aromatic nitrogens is 1. The van der Waals surface area contributed by atoms with Crippen molar-refractivity contribution in [2.24, 2.45) is 0 Å². The fourth-order valence-corrected chi connectivity index (χ4v) is 2.32. The number of anilines is 3. The Morgan fingerprint density at radius 3 is 2.15 bits per heavy atom. The second-order valence-corrected chi connectivity index (χ2v) is 5.62. The summed E-state index contributed by atoms with van der Waals surface area (Å²) in [5.74, 6) is 1.69. The molecular weight excluding hydrogens is 293 g/mol. The Kier molecular flexibility index (Phi) is 4.73. The van der Waals surface area contributed by atoms with Gasteiger partial charge in [-0.3, -0.25) is 0 Å². The fourth-order valence-electron chi connectivity index (χ4n) is 1.82. The molecule has 5 heteroatoms. The predicted octanol–water partition coefficient (Wildman–Crippen LogP) is 5.30. The van der Waals surface area contributed by atoms with Crippen LogP contribution in [0.15, 0.2) is 30.3 Å². The highest BCUT2D eigenvalue weighted by molar-refractivity contribution is 6.37. The first-order chi connectivity index (χ1) is 9.51. The van der Waals surface area contributed by atoms with Gasteiger partial charge in [0.25, 0.3) is 0 Å². The van der Waals surface area contributed by atoms with Gasteiger partial charge in [0, 0.05) is 12.7 Å². The van der Waals surface area contributed by atoms with Gasteiger partial charge in [-0.1, -0.05) is 49.2 Å². The largest absolute Gasteiger partial charge is 0.372 e.